The van der Waals surface area contributed by atoms with Crippen LogP contribution in [0.2, 0.25) is 0 Å². The lowest BCUT2D eigenvalue weighted by atomic mass is 10.0. The third-order valence-electron chi connectivity index (χ3n) is 4.17. The molecule has 0 aliphatic carbocycles. The van der Waals surface area contributed by atoms with Crippen molar-refractivity contribution in [3.63, 3.8) is 0 Å². The first kappa shape index (κ1) is 17.5. The van der Waals surface area contributed by atoms with E-state index in [0.29, 0.717) is 12.2 Å². The number of ether oxygens (including phenoxy) is 1. The van der Waals surface area contributed by atoms with Crippen LogP contribution < -0.4 is 10.1 Å². The molecule has 2 aromatic rings. The first-order valence-corrected chi connectivity index (χ1v) is 10.1. The van der Waals surface area contributed by atoms with Gasteiger partial charge in [0.25, 0.3) is 5.91 Å². The molecule has 2 aromatic carbocycles. The van der Waals surface area contributed by atoms with E-state index in [1.54, 1.807) is 0 Å². The van der Waals surface area contributed by atoms with Gasteiger partial charge in [-0.25, -0.2) is 8.42 Å². The molecule has 6 heteroatoms. The summed E-state index contributed by atoms with van der Waals surface area (Å²) in [5, 5.41) is 2.73. The van der Waals surface area contributed by atoms with Crippen molar-refractivity contribution < 1.29 is 17.9 Å². The quantitative estimate of drug-likeness (QED) is 0.856. The number of para-hydroxylation sites is 1. The third-order valence-corrected chi connectivity index (χ3v) is 5.93. The largest absolute Gasteiger partial charge is 0.483 e. The van der Waals surface area contributed by atoms with Crippen molar-refractivity contribution in [3.8, 4) is 5.75 Å². The Kier molecular flexibility index (Phi) is 5.38. The van der Waals surface area contributed by atoms with Crippen LogP contribution in [0.4, 0.5) is 0 Å². The average molecular weight is 359 g/mol. The van der Waals surface area contributed by atoms with E-state index in [1.807, 2.05) is 54.6 Å². The van der Waals surface area contributed by atoms with Gasteiger partial charge in [0.1, 0.15) is 5.75 Å². The second-order valence-corrected chi connectivity index (χ2v) is 8.45. The van der Waals surface area contributed by atoms with E-state index in [4.69, 9.17) is 4.74 Å². The molecule has 1 aliphatic heterocycles. The number of rotatable bonds is 6. The molecule has 0 bridgehead atoms. The Bertz CT molecular complexity index is 834. The maximum absolute atomic E-state index is 12.0. The molecule has 0 radical (unpaired) electrons. The highest BCUT2D eigenvalue weighted by Crippen LogP contribution is 2.21. The molecule has 1 N–H and O–H groups in total. The molecule has 1 fully saturated rings. The summed E-state index contributed by atoms with van der Waals surface area (Å²) < 4.78 is 28.5. The fraction of sp³-hybridized carbons (Fsp3) is 0.316. The van der Waals surface area contributed by atoms with Crippen LogP contribution in [0.15, 0.2) is 54.6 Å². The van der Waals surface area contributed by atoms with Gasteiger partial charge in [0.2, 0.25) is 0 Å². The number of benzene rings is 2. The van der Waals surface area contributed by atoms with Crippen molar-refractivity contribution in [2.24, 2.45) is 0 Å². The predicted molar refractivity (Wildman–Crippen MR) is 96.4 cm³/mol. The van der Waals surface area contributed by atoms with Gasteiger partial charge in [-0.3, -0.25) is 4.79 Å². The molecule has 1 amide bonds. The van der Waals surface area contributed by atoms with Crippen LogP contribution >= 0.6 is 0 Å². The van der Waals surface area contributed by atoms with E-state index in [2.05, 4.69) is 5.32 Å². The second kappa shape index (κ2) is 7.70. The van der Waals surface area contributed by atoms with Crippen LogP contribution in [0, 0.1) is 0 Å². The smallest absolute Gasteiger partial charge is 0.258 e. The van der Waals surface area contributed by atoms with Gasteiger partial charge in [-0.05, 0) is 23.6 Å². The summed E-state index contributed by atoms with van der Waals surface area (Å²) in [7, 11) is -3.01. The van der Waals surface area contributed by atoms with Crippen molar-refractivity contribution in [3.05, 3.63) is 65.7 Å². The SMILES string of the molecule is O=C(COc1ccccc1Cc1ccccc1)NC1CCS(=O)(=O)C1. The van der Waals surface area contributed by atoms with Crippen LogP contribution in [0.5, 0.6) is 5.75 Å². The number of hydrogen-bond acceptors (Lipinski definition) is 4. The zero-order valence-electron chi connectivity index (χ0n) is 13.9. The Morgan fingerprint density at radius 2 is 1.80 bits per heavy atom. The third kappa shape index (κ3) is 5.06. The van der Waals surface area contributed by atoms with E-state index in [-0.39, 0.29) is 30.1 Å². The second-order valence-electron chi connectivity index (χ2n) is 6.23. The van der Waals surface area contributed by atoms with Gasteiger partial charge in [0.15, 0.2) is 16.4 Å². The number of amides is 1. The van der Waals surface area contributed by atoms with E-state index in [1.165, 1.54) is 5.56 Å². The minimum Gasteiger partial charge on any atom is -0.483 e. The molecule has 1 unspecified atom stereocenters. The standard InChI is InChI=1S/C19H21NO4S/c21-19(20-17-10-11-25(22,23)14-17)13-24-18-9-5-4-8-16(18)12-15-6-2-1-3-7-15/h1-9,17H,10-14H2,(H,20,21). The van der Waals surface area contributed by atoms with E-state index in [9.17, 15) is 13.2 Å². The number of carbonyl (C=O) groups excluding carboxylic acids is 1. The summed E-state index contributed by atoms with van der Waals surface area (Å²) in [4.78, 5) is 12.0. The molecule has 132 valence electrons. The number of sulfone groups is 1. The lowest BCUT2D eigenvalue weighted by Crippen LogP contribution is -2.38. The Morgan fingerprint density at radius 1 is 1.08 bits per heavy atom. The van der Waals surface area contributed by atoms with Gasteiger partial charge in [-0.2, -0.15) is 0 Å². The fourth-order valence-electron chi connectivity index (χ4n) is 2.93. The van der Waals surface area contributed by atoms with Crippen molar-refractivity contribution in [2.75, 3.05) is 18.1 Å². The fourth-order valence-corrected chi connectivity index (χ4v) is 4.60. The Labute approximate surface area is 147 Å². The van der Waals surface area contributed by atoms with E-state index >= 15 is 0 Å². The Morgan fingerprint density at radius 3 is 2.52 bits per heavy atom. The molecule has 25 heavy (non-hydrogen) atoms. The molecular weight excluding hydrogens is 338 g/mol. The first-order valence-electron chi connectivity index (χ1n) is 8.26. The normalized spacial score (nSPS) is 18.6. The minimum absolute atomic E-state index is 0.0172. The minimum atomic E-state index is -3.01. The average Bonchev–Trinajstić information content (AvgIpc) is 2.93. The monoisotopic (exact) mass is 359 g/mol. The summed E-state index contributed by atoms with van der Waals surface area (Å²) >= 11 is 0. The molecular formula is C19H21NO4S. The van der Waals surface area contributed by atoms with Crippen molar-refractivity contribution in [2.45, 2.75) is 18.9 Å². The van der Waals surface area contributed by atoms with Gasteiger partial charge in [0.05, 0.1) is 11.5 Å². The van der Waals surface area contributed by atoms with Crippen LogP contribution in [-0.2, 0) is 21.1 Å². The van der Waals surface area contributed by atoms with E-state index < -0.39 is 9.84 Å². The molecule has 1 atom stereocenters. The van der Waals surface area contributed by atoms with Crippen molar-refractivity contribution in [1.29, 1.82) is 0 Å². The highest BCUT2D eigenvalue weighted by atomic mass is 32.2. The topological polar surface area (TPSA) is 72.5 Å². The molecule has 3 rings (SSSR count). The number of nitrogens with one attached hydrogen (secondary N) is 1. The molecule has 0 saturated carbocycles. The lowest BCUT2D eigenvalue weighted by Gasteiger charge is -2.14. The van der Waals surface area contributed by atoms with Gasteiger partial charge in [-0.15, -0.1) is 0 Å². The Balaban J connectivity index is 1.57. The van der Waals surface area contributed by atoms with Crippen LogP contribution in [0.3, 0.4) is 0 Å². The molecule has 0 spiro atoms. The Hall–Kier alpha value is -2.34. The maximum Gasteiger partial charge on any atom is 0.258 e. The van der Waals surface area contributed by atoms with Crippen LogP contribution in [0.1, 0.15) is 17.5 Å². The molecule has 0 aromatic heterocycles. The molecule has 1 aliphatic rings. The van der Waals surface area contributed by atoms with Crippen molar-refractivity contribution >= 4 is 15.7 Å². The first-order chi connectivity index (χ1) is 12.0. The lowest BCUT2D eigenvalue weighted by molar-refractivity contribution is -0.123. The molecule has 1 heterocycles. The van der Waals surface area contributed by atoms with Crippen LogP contribution in [0.25, 0.3) is 0 Å². The summed E-state index contributed by atoms with van der Waals surface area (Å²) in [6.07, 6.45) is 1.19. The van der Waals surface area contributed by atoms with Crippen LogP contribution in [-0.4, -0.2) is 38.5 Å². The predicted octanol–water partition coefficient (Wildman–Crippen LogP) is 1.96. The highest BCUT2D eigenvalue weighted by molar-refractivity contribution is 7.91. The van der Waals surface area contributed by atoms with Crippen molar-refractivity contribution in [1.82, 2.24) is 5.32 Å². The van der Waals surface area contributed by atoms with Gasteiger partial charge in [-0.1, -0.05) is 48.5 Å². The highest BCUT2D eigenvalue weighted by Gasteiger charge is 2.28. The zero-order valence-corrected chi connectivity index (χ0v) is 14.7. The summed E-state index contributed by atoms with van der Waals surface area (Å²) in [6, 6.07) is 17.4. The molecule has 1 saturated heterocycles. The summed E-state index contributed by atoms with van der Waals surface area (Å²) in [5.74, 6) is 0.527. The van der Waals surface area contributed by atoms with Gasteiger partial charge >= 0.3 is 0 Å². The van der Waals surface area contributed by atoms with Gasteiger partial charge in [0, 0.05) is 12.5 Å². The summed E-state index contributed by atoms with van der Waals surface area (Å²) in [6.45, 7) is -0.123. The summed E-state index contributed by atoms with van der Waals surface area (Å²) in [5.41, 5.74) is 2.17. The van der Waals surface area contributed by atoms with Gasteiger partial charge < -0.3 is 10.1 Å². The number of carbonyl (C=O) groups is 1. The van der Waals surface area contributed by atoms with E-state index in [0.717, 1.165) is 12.0 Å². The zero-order chi connectivity index (χ0) is 17.7. The molecule has 5 nitrogen and oxygen atoms in total. The number of hydrogen-bond donors (Lipinski definition) is 1. The maximum atomic E-state index is 12.0.